The van der Waals surface area contributed by atoms with Gasteiger partial charge in [-0.05, 0) is 61.3 Å². The van der Waals surface area contributed by atoms with Crippen LogP contribution in [-0.2, 0) is 0 Å². The fourth-order valence-corrected chi connectivity index (χ4v) is 3.34. The number of ether oxygens (including phenoxy) is 1. The van der Waals surface area contributed by atoms with Crippen molar-refractivity contribution in [3.05, 3.63) is 23.8 Å². The monoisotopic (exact) mass is 261 g/mol. The fourth-order valence-electron chi connectivity index (χ4n) is 3.34. The SMILES string of the molecule is COc1ccc(NC2CCC(C)(C)CC2C)cc1C. The first-order valence-electron chi connectivity index (χ1n) is 7.32. The molecule has 1 aliphatic carbocycles. The van der Waals surface area contributed by atoms with Gasteiger partial charge in [-0.25, -0.2) is 0 Å². The van der Waals surface area contributed by atoms with E-state index in [2.05, 4.69) is 51.2 Å². The summed E-state index contributed by atoms with van der Waals surface area (Å²) in [5, 5.41) is 3.70. The maximum absolute atomic E-state index is 5.31. The van der Waals surface area contributed by atoms with Crippen LogP contribution in [0.1, 0.15) is 45.6 Å². The summed E-state index contributed by atoms with van der Waals surface area (Å²) in [6.45, 7) is 9.24. The van der Waals surface area contributed by atoms with Crippen LogP contribution in [0.4, 0.5) is 5.69 Å². The number of methoxy groups -OCH3 is 1. The maximum atomic E-state index is 5.31. The lowest BCUT2D eigenvalue weighted by Crippen LogP contribution is -2.36. The molecule has 19 heavy (non-hydrogen) atoms. The second kappa shape index (κ2) is 5.44. The van der Waals surface area contributed by atoms with Gasteiger partial charge in [-0.3, -0.25) is 0 Å². The number of rotatable bonds is 3. The lowest BCUT2D eigenvalue weighted by atomic mass is 9.70. The van der Waals surface area contributed by atoms with Gasteiger partial charge in [0.2, 0.25) is 0 Å². The Labute approximate surface area is 117 Å². The molecule has 2 heteroatoms. The summed E-state index contributed by atoms with van der Waals surface area (Å²) in [5.74, 6) is 1.69. The second-order valence-corrected chi connectivity index (χ2v) is 6.82. The molecule has 0 bridgehead atoms. The lowest BCUT2D eigenvalue weighted by molar-refractivity contribution is 0.177. The van der Waals surface area contributed by atoms with Gasteiger partial charge in [0.05, 0.1) is 7.11 Å². The van der Waals surface area contributed by atoms with Crippen LogP contribution in [0, 0.1) is 18.3 Å². The molecular formula is C17H27NO. The van der Waals surface area contributed by atoms with Crippen LogP contribution in [0.3, 0.4) is 0 Å². The minimum atomic E-state index is 0.507. The molecule has 1 N–H and O–H groups in total. The zero-order chi connectivity index (χ0) is 14.0. The number of anilines is 1. The van der Waals surface area contributed by atoms with Crippen molar-refractivity contribution < 1.29 is 4.74 Å². The van der Waals surface area contributed by atoms with Gasteiger partial charge in [0, 0.05) is 11.7 Å². The van der Waals surface area contributed by atoms with E-state index in [9.17, 15) is 0 Å². The largest absolute Gasteiger partial charge is 0.496 e. The highest BCUT2D eigenvalue weighted by Crippen LogP contribution is 2.39. The fraction of sp³-hybridized carbons (Fsp3) is 0.647. The molecule has 2 nitrogen and oxygen atoms in total. The van der Waals surface area contributed by atoms with Crippen molar-refractivity contribution in [2.75, 3.05) is 12.4 Å². The number of nitrogens with one attached hydrogen (secondary N) is 1. The molecular weight excluding hydrogens is 234 g/mol. The summed E-state index contributed by atoms with van der Waals surface area (Å²) in [5.41, 5.74) is 2.92. The normalized spacial score (nSPS) is 25.9. The Morgan fingerprint density at radius 2 is 2.05 bits per heavy atom. The highest BCUT2D eigenvalue weighted by atomic mass is 16.5. The molecule has 0 aromatic heterocycles. The molecule has 1 fully saturated rings. The first-order chi connectivity index (χ1) is 8.91. The maximum Gasteiger partial charge on any atom is 0.121 e. The van der Waals surface area contributed by atoms with Crippen molar-refractivity contribution >= 4 is 5.69 Å². The summed E-state index contributed by atoms with van der Waals surface area (Å²) in [6, 6.07) is 6.96. The third-order valence-electron chi connectivity index (χ3n) is 4.44. The van der Waals surface area contributed by atoms with E-state index in [4.69, 9.17) is 4.74 Å². The van der Waals surface area contributed by atoms with Crippen molar-refractivity contribution in [1.82, 2.24) is 0 Å². The van der Waals surface area contributed by atoms with Crippen molar-refractivity contribution in [3.63, 3.8) is 0 Å². The summed E-state index contributed by atoms with van der Waals surface area (Å²) in [7, 11) is 1.72. The Morgan fingerprint density at radius 1 is 1.32 bits per heavy atom. The van der Waals surface area contributed by atoms with Crippen LogP contribution in [0.5, 0.6) is 5.75 Å². The molecule has 2 unspecified atom stereocenters. The number of hydrogen-bond acceptors (Lipinski definition) is 2. The van der Waals surface area contributed by atoms with Crippen LogP contribution in [-0.4, -0.2) is 13.2 Å². The molecule has 1 saturated carbocycles. The van der Waals surface area contributed by atoms with Gasteiger partial charge in [0.15, 0.2) is 0 Å². The third-order valence-corrected chi connectivity index (χ3v) is 4.44. The van der Waals surface area contributed by atoms with E-state index < -0.39 is 0 Å². The van der Waals surface area contributed by atoms with Gasteiger partial charge < -0.3 is 10.1 Å². The lowest BCUT2D eigenvalue weighted by Gasteiger charge is -2.40. The van der Waals surface area contributed by atoms with E-state index in [-0.39, 0.29) is 0 Å². The van der Waals surface area contributed by atoms with E-state index in [1.165, 1.54) is 30.5 Å². The molecule has 0 aliphatic heterocycles. The van der Waals surface area contributed by atoms with Crippen LogP contribution < -0.4 is 10.1 Å². The number of hydrogen-bond donors (Lipinski definition) is 1. The van der Waals surface area contributed by atoms with Gasteiger partial charge in [-0.2, -0.15) is 0 Å². The van der Waals surface area contributed by atoms with Crippen LogP contribution in [0.2, 0.25) is 0 Å². The highest BCUT2D eigenvalue weighted by Gasteiger charge is 2.32. The smallest absolute Gasteiger partial charge is 0.121 e. The van der Waals surface area contributed by atoms with Gasteiger partial charge in [0.1, 0.15) is 5.75 Å². The average molecular weight is 261 g/mol. The average Bonchev–Trinajstić information content (AvgIpc) is 2.32. The topological polar surface area (TPSA) is 21.3 Å². The number of benzene rings is 1. The molecule has 0 spiro atoms. The molecule has 106 valence electrons. The van der Waals surface area contributed by atoms with E-state index in [0.29, 0.717) is 11.5 Å². The van der Waals surface area contributed by atoms with Crippen molar-refractivity contribution in [2.24, 2.45) is 11.3 Å². The third kappa shape index (κ3) is 3.43. The molecule has 0 saturated heterocycles. The molecule has 0 amide bonds. The van der Waals surface area contributed by atoms with Crippen LogP contribution in [0.25, 0.3) is 0 Å². The van der Waals surface area contributed by atoms with Gasteiger partial charge in [0.25, 0.3) is 0 Å². The zero-order valence-corrected chi connectivity index (χ0v) is 12.9. The molecule has 2 atom stereocenters. The molecule has 1 aliphatic rings. The van der Waals surface area contributed by atoms with Gasteiger partial charge in [-0.15, -0.1) is 0 Å². The van der Waals surface area contributed by atoms with Crippen molar-refractivity contribution in [3.8, 4) is 5.75 Å². The highest BCUT2D eigenvalue weighted by molar-refractivity contribution is 5.51. The second-order valence-electron chi connectivity index (χ2n) is 6.82. The Balaban J connectivity index is 2.03. The summed E-state index contributed by atoms with van der Waals surface area (Å²) >= 11 is 0. The van der Waals surface area contributed by atoms with Crippen LogP contribution in [0.15, 0.2) is 18.2 Å². The molecule has 0 radical (unpaired) electrons. The predicted molar refractivity (Wildman–Crippen MR) is 81.9 cm³/mol. The predicted octanol–water partition coefficient (Wildman–Crippen LogP) is 4.63. The molecule has 0 heterocycles. The number of aryl methyl sites for hydroxylation is 1. The molecule has 2 rings (SSSR count). The Morgan fingerprint density at radius 3 is 2.63 bits per heavy atom. The first kappa shape index (κ1) is 14.2. The summed E-state index contributed by atoms with van der Waals surface area (Å²) < 4.78 is 5.31. The van der Waals surface area contributed by atoms with Crippen LogP contribution >= 0.6 is 0 Å². The quantitative estimate of drug-likeness (QED) is 0.856. The van der Waals surface area contributed by atoms with Crippen molar-refractivity contribution in [2.45, 2.75) is 53.0 Å². The van der Waals surface area contributed by atoms with E-state index in [1.54, 1.807) is 7.11 Å². The zero-order valence-electron chi connectivity index (χ0n) is 12.9. The minimum Gasteiger partial charge on any atom is -0.496 e. The Kier molecular flexibility index (Phi) is 4.07. The molecule has 1 aromatic carbocycles. The van der Waals surface area contributed by atoms with Gasteiger partial charge >= 0.3 is 0 Å². The summed E-state index contributed by atoms with van der Waals surface area (Å²) in [4.78, 5) is 0. The Bertz CT molecular complexity index is 439. The molecule has 1 aromatic rings. The van der Waals surface area contributed by atoms with E-state index >= 15 is 0 Å². The Hall–Kier alpha value is -1.18. The first-order valence-corrected chi connectivity index (χ1v) is 7.32. The van der Waals surface area contributed by atoms with E-state index in [0.717, 1.165) is 11.7 Å². The summed E-state index contributed by atoms with van der Waals surface area (Å²) in [6.07, 6.45) is 3.88. The van der Waals surface area contributed by atoms with Gasteiger partial charge in [-0.1, -0.05) is 20.8 Å². The van der Waals surface area contributed by atoms with E-state index in [1.807, 2.05) is 0 Å². The van der Waals surface area contributed by atoms with Crippen molar-refractivity contribution in [1.29, 1.82) is 0 Å². The minimum absolute atomic E-state index is 0.507. The standard InChI is InChI=1S/C17H27NO/c1-12-10-14(6-7-16(12)19-5)18-15-8-9-17(3,4)11-13(15)2/h6-7,10,13,15,18H,8-9,11H2,1-5H3.